The molecule has 0 aromatic carbocycles. The van der Waals surface area contributed by atoms with E-state index in [2.05, 4.69) is 4.98 Å². The monoisotopic (exact) mass is 202 g/mol. The second-order valence-corrected chi connectivity index (χ2v) is 2.94. The molecule has 0 aliphatic carbocycles. The van der Waals surface area contributed by atoms with Crippen LogP contribution in [0.15, 0.2) is 12.3 Å². The van der Waals surface area contributed by atoms with Gasteiger partial charge in [0.05, 0.1) is 36.7 Å². The van der Waals surface area contributed by atoms with Crippen molar-refractivity contribution in [1.29, 1.82) is 0 Å². The highest BCUT2D eigenvalue weighted by Gasteiger charge is 2.11. The van der Waals surface area contributed by atoms with Crippen LogP contribution in [0.4, 0.5) is 0 Å². The first kappa shape index (κ1) is 10.2. The van der Waals surface area contributed by atoms with E-state index in [1.165, 1.54) is 13.3 Å². The molecule has 0 bridgehead atoms. The number of nitrogens with two attached hydrogens (primary N) is 1. The number of nitrogens with zero attached hydrogens (tertiary/aromatic N) is 1. The zero-order chi connectivity index (χ0) is 9.84. The first-order valence-electron chi connectivity index (χ1n) is 3.75. The SMILES string of the molecule is COc1cnc(C(N)CO)c(Cl)c1. The Morgan fingerprint density at radius 2 is 2.46 bits per heavy atom. The number of halogens is 1. The van der Waals surface area contributed by atoms with E-state index in [-0.39, 0.29) is 6.61 Å². The predicted octanol–water partition coefficient (Wildman–Crippen LogP) is 0.736. The van der Waals surface area contributed by atoms with Crippen molar-refractivity contribution in [1.82, 2.24) is 4.98 Å². The minimum absolute atomic E-state index is 0.181. The molecule has 0 radical (unpaired) electrons. The van der Waals surface area contributed by atoms with Crippen molar-refractivity contribution < 1.29 is 9.84 Å². The molecule has 0 spiro atoms. The van der Waals surface area contributed by atoms with Crippen LogP contribution >= 0.6 is 11.6 Å². The summed E-state index contributed by atoms with van der Waals surface area (Å²) >= 11 is 5.85. The highest BCUT2D eigenvalue weighted by atomic mass is 35.5. The summed E-state index contributed by atoms with van der Waals surface area (Å²) in [6.07, 6.45) is 1.51. The van der Waals surface area contributed by atoms with Crippen LogP contribution in [-0.4, -0.2) is 23.8 Å². The van der Waals surface area contributed by atoms with Gasteiger partial charge < -0.3 is 15.6 Å². The standard InChI is InChI=1S/C8H11ClN2O2/c1-13-5-2-6(9)8(11-3-5)7(10)4-12/h2-3,7,12H,4,10H2,1H3. The molecule has 13 heavy (non-hydrogen) atoms. The van der Waals surface area contributed by atoms with Crippen molar-refractivity contribution in [3.63, 3.8) is 0 Å². The molecule has 1 heterocycles. The Labute approximate surface area is 81.3 Å². The van der Waals surface area contributed by atoms with E-state index in [9.17, 15) is 0 Å². The number of hydrogen-bond acceptors (Lipinski definition) is 4. The lowest BCUT2D eigenvalue weighted by Gasteiger charge is -2.09. The third kappa shape index (κ3) is 2.30. The molecule has 0 fully saturated rings. The lowest BCUT2D eigenvalue weighted by atomic mass is 10.2. The summed E-state index contributed by atoms with van der Waals surface area (Å²) in [7, 11) is 1.53. The van der Waals surface area contributed by atoms with Crippen molar-refractivity contribution in [3.05, 3.63) is 23.0 Å². The smallest absolute Gasteiger partial charge is 0.138 e. The molecule has 1 rings (SSSR count). The molecule has 72 valence electrons. The molecule has 5 heteroatoms. The maximum absolute atomic E-state index is 8.78. The van der Waals surface area contributed by atoms with Crippen LogP contribution in [-0.2, 0) is 0 Å². The third-order valence-corrected chi connectivity index (χ3v) is 1.93. The van der Waals surface area contributed by atoms with E-state index >= 15 is 0 Å². The van der Waals surface area contributed by atoms with Gasteiger partial charge in [0.2, 0.25) is 0 Å². The number of pyridine rings is 1. The van der Waals surface area contributed by atoms with Gasteiger partial charge >= 0.3 is 0 Å². The minimum Gasteiger partial charge on any atom is -0.495 e. The van der Waals surface area contributed by atoms with E-state index in [1.807, 2.05) is 0 Å². The van der Waals surface area contributed by atoms with E-state index in [4.69, 9.17) is 27.2 Å². The molecule has 3 N–H and O–H groups in total. The highest BCUT2D eigenvalue weighted by molar-refractivity contribution is 6.31. The Balaban J connectivity index is 2.98. The number of hydrogen-bond donors (Lipinski definition) is 2. The summed E-state index contributed by atoms with van der Waals surface area (Å²) in [6, 6.07) is 1.07. The summed E-state index contributed by atoms with van der Waals surface area (Å²) in [5, 5.41) is 9.19. The zero-order valence-electron chi connectivity index (χ0n) is 7.20. The van der Waals surface area contributed by atoms with Crippen molar-refractivity contribution >= 4 is 11.6 Å². The van der Waals surface area contributed by atoms with E-state index in [1.54, 1.807) is 6.07 Å². The van der Waals surface area contributed by atoms with Crippen LogP contribution in [0, 0.1) is 0 Å². The van der Waals surface area contributed by atoms with Crippen LogP contribution in [0.2, 0.25) is 5.02 Å². The molecule has 4 nitrogen and oxygen atoms in total. The van der Waals surface area contributed by atoms with Crippen molar-refractivity contribution in [2.75, 3.05) is 13.7 Å². The first-order chi connectivity index (χ1) is 6.19. The van der Waals surface area contributed by atoms with Gasteiger partial charge in [0.15, 0.2) is 0 Å². The van der Waals surface area contributed by atoms with E-state index < -0.39 is 6.04 Å². The number of aliphatic hydroxyl groups is 1. The van der Waals surface area contributed by atoms with Crippen LogP contribution in [0.5, 0.6) is 5.75 Å². The van der Waals surface area contributed by atoms with Gasteiger partial charge in [-0.25, -0.2) is 0 Å². The molecule has 0 aliphatic heterocycles. The number of methoxy groups -OCH3 is 1. The number of aliphatic hydroxyl groups excluding tert-OH is 1. The van der Waals surface area contributed by atoms with E-state index in [0.717, 1.165) is 0 Å². The van der Waals surface area contributed by atoms with Gasteiger partial charge in [-0.3, -0.25) is 4.98 Å². The second-order valence-electron chi connectivity index (χ2n) is 2.53. The fourth-order valence-corrected chi connectivity index (χ4v) is 1.20. The molecule has 0 saturated heterocycles. The Kier molecular flexibility index (Phi) is 3.48. The van der Waals surface area contributed by atoms with Crippen LogP contribution in [0.3, 0.4) is 0 Å². The van der Waals surface area contributed by atoms with Gasteiger partial charge in [-0.05, 0) is 0 Å². The molecule has 0 aliphatic rings. The van der Waals surface area contributed by atoms with Crippen molar-refractivity contribution in [2.45, 2.75) is 6.04 Å². The molecular formula is C8H11ClN2O2. The van der Waals surface area contributed by atoms with Gasteiger partial charge in [-0.2, -0.15) is 0 Å². The molecule has 1 unspecified atom stereocenters. The maximum Gasteiger partial charge on any atom is 0.138 e. The molecular weight excluding hydrogens is 192 g/mol. The summed E-state index contributed by atoms with van der Waals surface area (Å²) < 4.78 is 4.91. The largest absolute Gasteiger partial charge is 0.495 e. The van der Waals surface area contributed by atoms with Gasteiger partial charge in [0.25, 0.3) is 0 Å². The topological polar surface area (TPSA) is 68.4 Å². The Bertz CT molecular complexity index is 293. The Hall–Kier alpha value is -0.840. The lowest BCUT2D eigenvalue weighted by Crippen LogP contribution is -2.16. The van der Waals surface area contributed by atoms with Crippen molar-refractivity contribution in [2.24, 2.45) is 5.73 Å². The number of rotatable bonds is 3. The maximum atomic E-state index is 8.78. The molecule has 0 saturated carbocycles. The van der Waals surface area contributed by atoms with Gasteiger partial charge in [0, 0.05) is 6.07 Å². The number of aromatic nitrogens is 1. The van der Waals surface area contributed by atoms with Crippen LogP contribution < -0.4 is 10.5 Å². The Morgan fingerprint density at radius 1 is 1.77 bits per heavy atom. The summed E-state index contributed by atoms with van der Waals surface area (Å²) in [4.78, 5) is 3.98. The molecule has 1 atom stereocenters. The summed E-state index contributed by atoms with van der Waals surface area (Å²) in [5.74, 6) is 0.568. The first-order valence-corrected chi connectivity index (χ1v) is 4.12. The van der Waals surface area contributed by atoms with Crippen LogP contribution in [0.25, 0.3) is 0 Å². The normalized spacial score (nSPS) is 12.6. The fourth-order valence-electron chi connectivity index (χ4n) is 0.902. The lowest BCUT2D eigenvalue weighted by molar-refractivity contribution is 0.265. The zero-order valence-corrected chi connectivity index (χ0v) is 7.95. The van der Waals surface area contributed by atoms with Gasteiger partial charge in [-0.15, -0.1) is 0 Å². The predicted molar refractivity (Wildman–Crippen MR) is 49.8 cm³/mol. The van der Waals surface area contributed by atoms with Gasteiger partial charge in [-0.1, -0.05) is 11.6 Å². The molecule has 1 aromatic heterocycles. The average Bonchev–Trinajstić information content (AvgIpc) is 2.16. The van der Waals surface area contributed by atoms with E-state index in [0.29, 0.717) is 16.5 Å². The number of ether oxygens (including phenoxy) is 1. The van der Waals surface area contributed by atoms with Crippen LogP contribution in [0.1, 0.15) is 11.7 Å². The fraction of sp³-hybridized carbons (Fsp3) is 0.375. The quantitative estimate of drug-likeness (QED) is 0.759. The molecule has 1 aromatic rings. The minimum atomic E-state index is -0.543. The second kappa shape index (κ2) is 4.41. The van der Waals surface area contributed by atoms with Crippen molar-refractivity contribution in [3.8, 4) is 5.75 Å². The Morgan fingerprint density at radius 3 is 2.92 bits per heavy atom. The average molecular weight is 203 g/mol. The highest BCUT2D eigenvalue weighted by Crippen LogP contribution is 2.23. The third-order valence-electron chi connectivity index (χ3n) is 1.63. The summed E-state index contributed by atoms with van der Waals surface area (Å²) in [6.45, 7) is -0.181. The molecule has 0 amide bonds. The van der Waals surface area contributed by atoms with Gasteiger partial charge in [0.1, 0.15) is 5.75 Å². The summed E-state index contributed by atoms with van der Waals surface area (Å²) in [5.41, 5.74) is 6.03.